The molecule has 0 spiro atoms. The number of hydrogen-bond donors (Lipinski definition) is 2. The Bertz CT molecular complexity index is 377. The molecule has 0 atom stereocenters. The molecule has 0 heterocycles. The molecule has 0 aliphatic rings. The first-order chi connectivity index (χ1) is 6.63. The molecule has 2 N–H and O–H groups in total. The van der Waals surface area contributed by atoms with Gasteiger partial charge in [0.15, 0.2) is 0 Å². The van der Waals surface area contributed by atoms with Gasteiger partial charge in [-0.15, -0.1) is 0 Å². The number of oxime groups is 1. The van der Waals surface area contributed by atoms with Gasteiger partial charge in [-0.2, -0.15) is 0 Å². The molecule has 1 rings (SSSR count). The molecule has 4 nitrogen and oxygen atoms in total. The highest BCUT2D eigenvalue weighted by Gasteiger charge is 2.02. The predicted octanol–water partition coefficient (Wildman–Crippen LogP) is 1.53. The van der Waals surface area contributed by atoms with Crippen LogP contribution >= 0.6 is 0 Å². The molecule has 0 radical (unpaired) electrons. The van der Waals surface area contributed by atoms with E-state index < -0.39 is 5.91 Å². The van der Waals surface area contributed by atoms with E-state index in [0.717, 1.165) is 6.21 Å². The summed E-state index contributed by atoms with van der Waals surface area (Å²) in [7, 11) is 0. The van der Waals surface area contributed by atoms with Crippen molar-refractivity contribution in [2.45, 2.75) is 6.92 Å². The Kier molecular flexibility index (Phi) is 3.17. The minimum absolute atomic E-state index is 0.365. The molecule has 0 bridgehead atoms. The molecule has 0 aromatic heterocycles. The first-order valence-corrected chi connectivity index (χ1v) is 3.88. The Balaban J connectivity index is 2.82. The first kappa shape index (κ1) is 10.2. The zero-order chi connectivity index (χ0) is 10.6. The van der Waals surface area contributed by atoms with Gasteiger partial charge in [-0.25, -0.2) is 4.39 Å². The Morgan fingerprint density at radius 2 is 2.36 bits per heavy atom. The highest BCUT2D eigenvalue weighted by Crippen LogP contribution is 2.14. The molecule has 0 aliphatic carbocycles. The van der Waals surface area contributed by atoms with Crippen molar-refractivity contribution in [3.8, 4) is 0 Å². The van der Waals surface area contributed by atoms with E-state index >= 15 is 0 Å². The van der Waals surface area contributed by atoms with Crippen LogP contribution in [0.15, 0.2) is 23.4 Å². The number of aryl methyl sites for hydroxylation is 1. The van der Waals surface area contributed by atoms with Crippen molar-refractivity contribution in [2.75, 3.05) is 5.32 Å². The molecule has 0 unspecified atom stereocenters. The summed E-state index contributed by atoms with van der Waals surface area (Å²) >= 11 is 0. The quantitative estimate of drug-likeness (QED) is 0.428. The van der Waals surface area contributed by atoms with Crippen LogP contribution in [-0.2, 0) is 4.79 Å². The molecule has 0 saturated carbocycles. The molecule has 1 aromatic carbocycles. The van der Waals surface area contributed by atoms with E-state index in [1.807, 2.05) is 0 Å². The Morgan fingerprint density at radius 3 is 2.93 bits per heavy atom. The van der Waals surface area contributed by atoms with Crippen molar-refractivity contribution in [1.82, 2.24) is 0 Å². The lowest BCUT2D eigenvalue weighted by atomic mass is 10.2. The van der Waals surface area contributed by atoms with Gasteiger partial charge in [0.1, 0.15) is 12.0 Å². The monoisotopic (exact) mass is 196 g/mol. The summed E-state index contributed by atoms with van der Waals surface area (Å²) in [6.07, 6.45) is 0.725. The maximum Gasteiger partial charge on any atom is 0.270 e. The van der Waals surface area contributed by atoms with Crippen LogP contribution in [0.5, 0.6) is 0 Å². The number of anilines is 1. The maximum absolute atomic E-state index is 12.7. The second kappa shape index (κ2) is 4.36. The van der Waals surface area contributed by atoms with Gasteiger partial charge in [0.25, 0.3) is 5.91 Å². The SMILES string of the molecule is Cc1cc(F)ccc1NC(=O)C=NO. The lowest BCUT2D eigenvalue weighted by Gasteiger charge is -2.04. The number of carbonyl (C=O) groups excluding carboxylic acids is 1. The molecule has 1 aromatic rings. The van der Waals surface area contributed by atoms with Gasteiger partial charge in [0.2, 0.25) is 0 Å². The third kappa shape index (κ3) is 2.55. The van der Waals surface area contributed by atoms with Crippen molar-refractivity contribution >= 4 is 17.8 Å². The highest BCUT2D eigenvalue weighted by molar-refractivity contribution is 6.31. The maximum atomic E-state index is 12.7. The number of nitrogens with zero attached hydrogens (tertiary/aromatic N) is 1. The van der Waals surface area contributed by atoms with Crippen LogP contribution in [0.1, 0.15) is 5.56 Å². The topological polar surface area (TPSA) is 61.7 Å². The normalized spacial score (nSPS) is 10.4. The van der Waals surface area contributed by atoms with Gasteiger partial charge in [-0.3, -0.25) is 4.79 Å². The highest BCUT2D eigenvalue weighted by atomic mass is 19.1. The molecule has 0 saturated heterocycles. The predicted molar refractivity (Wildman–Crippen MR) is 50.0 cm³/mol. The molecule has 5 heteroatoms. The van der Waals surface area contributed by atoms with Crippen LogP contribution in [-0.4, -0.2) is 17.3 Å². The molecule has 74 valence electrons. The zero-order valence-electron chi connectivity index (χ0n) is 7.49. The molecule has 0 aliphatic heterocycles. The van der Waals surface area contributed by atoms with E-state index in [9.17, 15) is 9.18 Å². The summed E-state index contributed by atoms with van der Waals surface area (Å²) < 4.78 is 12.7. The average molecular weight is 196 g/mol. The standard InChI is InChI=1S/C9H9FN2O2/c1-6-4-7(10)2-3-8(6)12-9(13)5-11-14/h2-5,14H,1H3,(H,12,13). The fraction of sp³-hybridized carbons (Fsp3) is 0.111. The first-order valence-electron chi connectivity index (χ1n) is 3.88. The van der Waals surface area contributed by atoms with E-state index in [1.54, 1.807) is 6.92 Å². The van der Waals surface area contributed by atoms with Crippen molar-refractivity contribution in [3.63, 3.8) is 0 Å². The van der Waals surface area contributed by atoms with Gasteiger partial charge in [0.05, 0.1) is 0 Å². The summed E-state index contributed by atoms with van der Waals surface area (Å²) in [6.45, 7) is 1.66. The number of rotatable bonds is 2. The summed E-state index contributed by atoms with van der Waals surface area (Å²) in [6, 6.07) is 3.97. The molecular formula is C9H9FN2O2. The number of nitrogens with one attached hydrogen (secondary N) is 1. The zero-order valence-corrected chi connectivity index (χ0v) is 7.49. The van der Waals surface area contributed by atoms with Gasteiger partial charge in [0, 0.05) is 5.69 Å². The van der Waals surface area contributed by atoms with Crippen molar-refractivity contribution in [3.05, 3.63) is 29.6 Å². The minimum Gasteiger partial charge on any atom is -0.411 e. The van der Waals surface area contributed by atoms with Crippen LogP contribution in [0.2, 0.25) is 0 Å². The summed E-state index contributed by atoms with van der Waals surface area (Å²) in [5.74, 6) is -0.932. The van der Waals surface area contributed by atoms with E-state index in [2.05, 4.69) is 10.5 Å². The number of carbonyl (C=O) groups is 1. The van der Waals surface area contributed by atoms with Crippen molar-refractivity contribution in [2.24, 2.45) is 5.16 Å². The molecule has 14 heavy (non-hydrogen) atoms. The molecule has 1 amide bonds. The van der Waals surface area contributed by atoms with Crippen molar-refractivity contribution in [1.29, 1.82) is 0 Å². The lowest BCUT2D eigenvalue weighted by Crippen LogP contribution is -2.13. The Hall–Kier alpha value is -1.91. The van der Waals surface area contributed by atoms with Crippen LogP contribution in [0, 0.1) is 12.7 Å². The van der Waals surface area contributed by atoms with E-state index in [1.165, 1.54) is 18.2 Å². The fourth-order valence-corrected chi connectivity index (χ4v) is 0.985. The minimum atomic E-state index is -0.567. The average Bonchev–Trinajstić information content (AvgIpc) is 2.10. The summed E-state index contributed by atoms with van der Waals surface area (Å²) in [5.41, 5.74) is 1.08. The van der Waals surface area contributed by atoms with Crippen LogP contribution in [0.3, 0.4) is 0 Å². The Labute approximate surface area is 80.0 Å². The van der Waals surface area contributed by atoms with Gasteiger partial charge >= 0.3 is 0 Å². The van der Waals surface area contributed by atoms with Crippen LogP contribution in [0.4, 0.5) is 10.1 Å². The summed E-state index contributed by atoms with van der Waals surface area (Å²) in [5, 5.41) is 13.1. The Morgan fingerprint density at radius 1 is 1.64 bits per heavy atom. The smallest absolute Gasteiger partial charge is 0.270 e. The molecular weight excluding hydrogens is 187 g/mol. The lowest BCUT2D eigenvalue weighted by molar-refractivity contribution is -0.110. The third-order valence-electron chi connectivity index (χ3n) is 1.62. The second-order valence-electron chi connectivity index (χ2n) is 2.69. The third-order valence-corrected chi connectivity index (χ3v) is 1.62. The largest absolute Gasteiger partial charge is 0.411 e. The fourth-order valence-electron chi connectivity index (χ4n) is 0.985. The molecule has 0 fully saturated rings. The number of hydrogen-bond acceptors (Lipinski definition) is 3. The van der Waals surface area contributed by atoms with E-state index in [0.29, 0.717) is 11.3 Å². The second-order valence-corrected chi connectivity index (χ2v) is 2.69. The summed E-state index contributed by atoms with van der Waals surface area (Å²) in [4.78, 5) is 10.9. The number of benzene rings is 1. The van der Waals surface area contributed by atoms with Gasteiger partial charge < -0.3 is 10.5 Å². The van der Waals surface area contributed by atoms with Gasteiger partial charge in [-0.05, 0) is 30.7 Å². The van der Waals surface area contributed by atoms with Crippen LogP contribution < -0.4 is 5.32 Å². The van der Waals surface area contributed by atoms with E-state index in [-0.39, 0.29) is 5.82 Å². The van der Waals surface area contributed by atoms with E-state index in [4.69, 9.17) is 5.21 Å². The number of amides is 1. The number of halogens is 1. The van der Waals surface area contributed by atoms with Crippen LogP contribution in [0.25, 0.3) is 0 Å². The van der Waals surface area contributed by atoms with Crippen molar-refractivity contribution < 1.29 is 14.4 Å². The van der Waals surface area contributed by atoms with Gasteiger partial charge in [-0.1, -0.05) is 5.16 Å².